The number of fused-ring (bicyclic) bond motifs is 1. The molecule has 0 atom stereocenters. The first-order chi connectivity index (χ1) is 10.1. The van der Waals surface area contributed by atoms with E-state index in [9.17, 15) is 4.79 Å². The molecule has 1 amide bonds. The quantitative estimate of drug-likeness (QED) is 0.754. The van der Waals surface area contributed by atoms with Crippen LogP contribution in [0.4, 0.5) is 5.69 Å². The van der Waals surface area contributed by atoms with Crippen LogP contribution in [0.25, 0.3) is 10.9 Å². The molecular weight excluding hydrogens is 260 g/mol. The molecule has 0 bridgehead atoms. The average molecular weight is 278 g/mol. The van der Waals surface area contributed by atoms with Crippen LogP contribution in [0.5, 0.6) is 0 Å². The van der Waals surface area contributed by atoms with Gasteiger partial charge in [0, 0.05) is 23.6 Å². The maximum Gasteiger partial charge on any atom is 0.272 e. The Hall–Kier alpha value is -2.55. The zero-order valence-electron chi connectivity index (χ0n) is 12.5. The van der Waals surface area contributed by atoms with Crippen LogP contribution < -0.4 is 5.32 Å². The summed E-state index contributed by atoms with van der Waals surface area (Å²) in [6.07, 6.45) is 0. The molecule has 0 aliphatic heterocycles. The SMILES string of the molecule is Cc1cccc(NC(=O)c2c(C)c3ccccc3n2C)c1. The lowest BCUT2D eigenvalue weighted by Gasteiger charge is -2.08. The maximum absolute atomic E-state index is 12.6. The van der Waals surface area contributed by atoms with Crippen LogP contribution in [0.2, 0.25) is 0 Å². The number of benzene rings is 2. The number of hydrogen-bond acceptors (Lipinski definition) is 1. The van der Waals surface area contributed by atoms with Gasteiger partial charge in [0.1, 0.15) is 5.69 Å². The van der Waals surface area contributed by atoms with Gasteiger partial charge in [-0.3, -0.25) is 4.79 Å². The first kappa shape index (κ1) is 13.4. The number of nitrogens with one attached hydrogen (secondary N) is 1. The number of carbonyl (C=O) groups is 1. The van der Waals surface area contributed by atoms with E-state index in [2.05, 4.69) is 5.32 Å². The molecule has 0 saturated heterocycles. The van der Waals surface area contributed by atoms with Gasteiger partial charge in [-0.15, -0.1) is 0 Å². The summed E-state index contributed by atoms with van der Waals surface area (Å²) in [6, 6.07) is 15.9. The number of carbonyl (C=O) groups excluding carboxylic acids is 1. The minimum Gasteiger partial charge on any atom is -0.339 e. The molecular formula is C18H18N2O. The number of para-hydroxylation sites is 1. The summed E-state index contributed by atoms with van der Waals surface area (Å²) in [7, 11) is 1.93. The van der Waals surface area contributed by atoms with Gasteiger partial charge in [0.15, 0.2) is 0 Å². The molecule has 0 fully saturated rings. The second-order valence-corrected chi connectivity index (χ2v) is 5.37. The molecule has 3 rings (SSSR count). The van der Waals surface area contributed by atoms with E-state index in [0.29, 0.717) is 5.69 Å². The minimum atomic E-state index is -0.0724. The molecule has 0 saturated carbocycles. The van der Waals surface area contributed by atoms with Crippen LogP contribution in [0.3, 0.4) is 0 Å². The third-order valence-electron chi connectivity index (χ3n) is 3.85. The van der Waals surface area contributed by atoms with Crippen molar-refractivity contribution in [2.24, 2.45) is 7.05 Å². The first-order valence-corrected chi connectivity index (χ1v) is 7.00. The van der Waals surface area contributed by atoms with E-state index in [4.69, 9.17) is 0 Å². The van der Waals surface area contributed by atoms with Gasteiger partial charge in [0.05, 0.1) is 0 Å². The van der Waals surface area contributed by atoms with Crippen molar-refractivity contribution in [3.05, 3.63) is 65.4 Å². The van der Waals surface area contributed by atoms with Crippen molar-refractivity contribution in [3.8, 4) is 0 Å². The van der Waals surface area contributed by atoms with Crippen molar-refractivity contribution in [2.45, 2.75) is 13.8 Å². The highest BCUT2D eigenvalue weighted by Crippen LogP contribution is 2.25. The number of hydrogen-bond donors (Lipinski definition) is 1. The molecule has 0 aliphatic carbocycles. The van der Waals surface area contributed by atoms with E-state index >= 15 is 0 Å². The van der Waals surface area contributed by atoms with Crippen LogP contribution in [0.15, 0.2) is 48.5 Å². The van der Waals surface area contributed by atoms with E-state index < -0.39 is 0 Å². The van der Waals surface area contributed by atoms with Gasteiger partial charge in [-0.05, 0) is 43.2 Å². The third-order valence-corrected chi connectivity index (χ3v) is 3.85. The van der Waals surface area contributed by atoms with E-state index in [1.165, 1.54) is 0 Å². The predicted octanol–water partition coefficient (Wildman–Crippen LogP) is 4.05. The Morgan fingerprint density at radius 1 is 1.05 bits per heavy atom. The van der Waals surface area contributed by atoms with Crippen molar-refractivity contribution >= 4 is 22.5 Å². The number of nitrogens with zero attached hydrogens (tertiary/aromatic N) is 1. The highest BCUT2D eigenvalue weighted by molar-refractivity contribution is 6.08. The summed E-state index contributed by atoms with van der Waals surface area (Å²) >= 11 is 0. The number of rotatable bonds is 2. The summed E-state index contributed by atoms with van der Waals surface area (Å²) < 4.78 is 1.95. The number of aryl methyl sites for hydroxylation is 3. The molecule has 0 radical (unpaired) electrons. The molecule has 0 aliphatic rings. The molecule has 1 heterocycles. The number of aromatic nitrogens is 1. The van der Waals surface area contributed by atoms with Crippen LogP contribution in [0.1, 0.15) is 21.6 Å². The van der Waals surface area contributed by atoms with Crippen LogP contribution >= 0.6 is 0 Å². The van der Waals surface area contributed by atoms with Crippen LogP contribution in [0, 0.1) is 13.8 Å². The van der Waals surface area contributed by atoms with Crippen molar-refractivity contribution in [1.82, 2.24) is 4.57 Å². The van der Waals surface area contributed by atoms with Gasteiger partial charge in [-0.2, -0.15) is 0 Å². The highest BCUT2D eigenvalue weighted by Gasteiger charge is 2.17. The Balaban J connectivity index is 2.02. The summed E-state index contributed by atoms with van der Waals surface area (Å²) in [6.45, 7) is 4.01. The topological polar surface area (TPSA) is 34.0 Å². The van der Waals surface area contributed by atoms with Gasteiger partial charge < -0.3 is 9.88 Å². The Labute approximate surface area is 124 Å². The molecule has 0 spiro atoms. The van der Waals surface area contributed by atoms with Crippen molar-refractivity contribution in [1.29, 1.82) is 0 Å². The second kappa shape index (κ2) is 5.09. The van der Waals surface area contributed by atoms with Gasteiger partial charge in [0.2, 0.25) is 0 Å². The Morgan fingerprint density at radius 2 is 1.81 bits per heavy atom. The van der Waals surface area contributed by atoms with Crippen molar-refractivity contribution < 1.29 is 4.79 Å². The van der Waals surface area contributed by atoms with Gasteiger partial charge >= 0.3 is 0 Å². The van der Waals surface area contributed by atoms with E-state index in [0.717, 1.165) is 27.7 Å². The Kier molecular flexibility index (Phi) is 3.26. The fraction of sp³-hybridized carbons (Fsp3) is 0.167. The summed E-state index contributed by atoms with van der Waals surface area (Å²) in [4.78, 5) is 12.6. The lowest BCUT2D eigenvalue weighted by Crippen LogP contribution is -2.16. The van der Waals surface area contributed by atoms with Crippen molar-refractivity contribution in [2.75, 3.05) is 5.32 Å². The van der Waals surface area contributed by atoms with Crippen LogP contribution in [-0.4, -0.2) is 10.5 Å². The molecule has 2 aromatic carbocycles. The molecule has 1 aromatic heterocycles. The number of anilines is 1. The van der Waals surface area contributed by atoms with Crippen LogP contribution in [-0.2, 0) is 7.05 Å². The van der Waals surface area contributed by atoms with E-state index in [-0.39, 0.29) is 5.91 Å². The van der Waals surface area contributed by atoms with Crippen molar-refractivity contribution in [3.63, 3.8) is 0 Å². The highest BCUT2D eigenvalue weighted by atomic mass is 16.1. The lowest BCUT2D eigenvalue weighted by atomic mass is 10.1. The number of amides is 1. The minimum absolute atomic E-state index is 0.0724. The molecule has 1 N–H and O–H groups in total. The lowest BCUT2D eigenvalue weighted by molar-refractivity contribution is 0.101. The summed E-state index contributed by atoms with van der Waals surface area (Å²) in [5.41, 5.74) is 4.74. The zero-order chi connectivity index (χ0) is 15.0. The molecule has 3 aromatic rings. The second-order valence-electron chi connectivity index (χ2n) is 5.37. The first-order valence-electron chi connectivity index (χ1n) is 7.00. The standard InChI is InChI=1S/C18H18N2O/c1-12-7-6-8-14(11-12)19-18(21)17-13(2)15-9-4-5-10-16(15)20(17)3/h4-11H,1-3H3,(H,19,21). The Morgan fingerprint density at radius 3 is 2.52 bits per heavy atom. The Bertz CT molecular complexity index is 791. The van der Waals surface area contributed by atoms with E-state index in [1.807, 2.05) is 74.0 Å². The summed E-state index contributed by atoms with van der Waals surface area (Å²) in [5, 5.41) is 4.10. The van der Waals surface area contributed by atoms with Gasteiger partial charge in [-0.1, -0.05) is 30.3 Å². The molecule has 3 heteroatoms. The zero-order valence-corrected chi connectivity index (χ0v) is 12.5. The average Bonchev–Trinajstić information content (AvgIpc) is 2.71. The normalized spacial score (nSPS) is 10.8. The monoisotopic (exact) mass is 278 g/mol. The fourth-order valence-electron chi connectivity index (χ4n) is 2.82. The smallest absolute Gasteiger partial charge is 0.272 e. The summed E-state index contributed by atoms with van der Waals surface area (Å²) in [5.74, 6) is -0.0724. The van der Waals surface area contributed by atoms with Gasteiger partial charge in [0.25, 0.3) is 5.91 Å². The fourth-order valence-corrected chi connectivity index (χ4v) is 2.82. The van der Waals surface area contributed by atoms with E-state index in [1.54, 1.807) is 0 Å². The molecule has 0 unspecified atom stereocenters. The largest absolute Gasteiger partial charge is 0.339 e. The predicted molar refractivity (Wildman–Crippen MR) is 86.8 cm³/mol. The molecule has 3 nitrogen and oxygen atoms in total. The maximum atomic E-state index is 12.6. The molecule has 21 heavy (non-hydrogen) atoms. The molecule has 106 valence electrons. The van der Waals surface area contributed by atoms with Gasteiger partial charge in [-0.25, -0.2) is 0 Å². The third kappa shape index (κ3) is 2.31.